The molecule has 2 aliphatic rings. The van der Waals surface area contributed by atoms with Crippen molar-refractivity contribution in [1.29, 1.82) is 0 Å². The normalized spacial score (nSPS) is 19.6. The molecule has 0 bridgehead atoms. The lowest BCUT2D eigenvalue weighted by Crippen LogP contribution is -2.44. The van der Waals surface area contributed by atoms with Crippen molar-refractivity contribution < 1.29 is 23.5 Å². The summed E-state index contributed by atoms with van der Waals surface area (Å²) in [4.78, 5) is 38.9. The van der Waals surface area contributed by atoms with Crippen LogP contribution in [0.5, 0.6) is 0 Å². The Kier molecular flexibility index (Phi) is 7.18. The summed E-state index contributed by atoms with van der Waals surface area (Å²) in [5.41, 5.74) is -0.258. The van der Waals surface area contributed by atoms with Gasteiger partial charge >= 0.3 is 6.09 Å². The van der Waals surface area contributed by atoms with Crippen molar-refractivity contribution in [3.8, 4) is 0 Å². The van der Waals surface area contributed by atoms with Crippen molar-refractivity contribution in [2.45, 2.75) is 70.6 Å². The van der Waals surface area contributed by atoms with E-state index in [9.17, 15) is 18.8 Å². The van der Waals surface area contributed by atoms with Crippen LogP contribution in [0.1, 0.15) is 52.0 Å². The number of alkyl carbamates (subject to hydrolysis) is 1. The molecule has 1 aliphatic carbocycles. The molecule has 31 heavy (non-hydrogen) atoms. The average molecular weight is 434 g/mol. The van der Waals surface area contributed by atoms with Crippen LogP contribution >= 0.6 is 0 Å². The summed E-state index contributed by atoms with van der Waals surface area (Å²) in [5.74, 6) is -0.313. The van der Waals surface area contributed by atoms with Gasteiger partial charge in [-0.3, -0.25) is 9.59 Å². The van der Waals surface area contributed by atoms with E-state index in [-0.39, 0.29) is 42.4 Å². The minimum absolute atomic E-state index is 0.0247. The number of carbonyl (C=O) groups excluding carboxylic acids is 3. The third-order valence-electron chi connectivity index (χ3n) is 5.40. The van der Waals surface area contributed by atoms with Gasteiger partial charge in [0.1, 0.15) is 11.4 Å². The van der Waals surface area contributed by atoms with E-state index in [1.165, 1.54) is 6.07 Å². The van der Waals surface area contributed by atoms with E-state index < -0.39 is 17.7 Å². The number of ether oxygens (including phenoxy) is 1. The van der Waals surface area contributed by atoms with Crippen LogP contribution in [0, 0.1) is 11.7 Å². The summed E-state index contributed by atoms with van der Waals surface area (Å²) >= 11 is 0. The Morgan fingerprint density at radius 3 is 2.55 bits per heavy atom. The Hall–Kier alpha value is -2.64. The van der Waals surface area contributed by atoms with Crippen molar-refractivity contribution in [3.63, 3.8) is 0 Å². The van der Waals surface area contributed by atoms with Gasteiger partial charge in [0.05, 0.1) is 0 Å². The molecule has 170 valence electrons. The molecular weight excluding hydrogens is 401 g/mol. The van der Waals surface area contributed by atoms with E-state index in [0.717, 1.165) is 12.8 Å². The van der Waals surface area contributed by atoms with E-state index in [1.807, 2.05) is 0 Å². The van der Waals surface area contributed by atoms with Gasteiger partial charge in [-0.25, -0.2) is 9.18 Å². The Bertz CT molecular complexity index is 819. The molecule has 2 atom stereocenters. The number of carbonyl (C=O) groups is 3. The van der Waals surface area contributed by atoms with Crippen molar-refractivity contribution in [3.05, 3.63) is 35.6 Å². The van der Waals surface area contributed by atoms with Crippen LogP contribution in [0.3, 0.4) is 0 Å². The summed E-state index contributed by atoms with van der Waals surface area (Å²) in [6.45, 7) is 6.27. The zero-order valence-electron chi connectivity index (χ0n) is 18.4. The number of hydrogen-bond donors (Lipinski definition) is 2. The van der Waals surface area contributed by atoms with E-state index in [2.05, 4.69) is 10.6 Å². The SMILES string of the molecule is CC(C)(C)OC(=O)NC(CC(=O)N1CCC(NC(=O)C2CC2)C1)Cc1ccccc1F. The van der Waals surface area contributed by atoms with E-state index in [4.69, 9.17) is 4.74 Å². The predicted molar refractivity (Wildman–Crippen MR) is 114 cm³/mol. The van der Waals surface area contributed by atoms with Crippen LogP contribution in [0.4, 0.5) is 9.18 Å². The third-order valence-corrected chi connectivity index (χ3v) is 5.40. The second-order valence-electron chi connectivity index (χ2n) is 9.45. The standard InChI is InChI=1S/C23H32FN3O4/c1-23(2,3)31-22(30)26-18(12-16-6-4-5-7-19(16)24)13-20(28)27-11-10-17(14-27)25-21(29)15-8-9-15/h4-7,15,17-18H,8-14H2,1-3H3,(H,25,29)(H,26,30). The van der Waals surface area contributed by atoms with Crippen LogP contribution in [0.25, 0.3) is 0 Å². The molecule has 1 aliphatic heterocycles. The fraction of sp³-hybridized carbons (Fsp3) is 0.609. The number of rotatable bonds is 7. The van der Waals surface area contributed by atoms with E-state index in [0.29, 0.717) is 25.1 Å². The van der Waals surface area contributed by atoms with Crippen molar-refractivity contribution in [2.75, 3.05) is 13.1 Å². The second kappa shape index (κ2) is 9.66. The molecule has 2 unspecified atom stereocenters. The van der Waals surface area contributed by atoms with Crippen LogP contribution in [-0.4, -0.2) is 53.6 Å². The zero-order chi connectivity index (χ0) is 22.6. The first-order chi connectivity index (χ1) is 14.6. The Morgan fingerprint density at radius 2 is 1.90 bits per heavy atom. The number of likely N-dealkylation sites (tertiary alicyclic amines) is 1. The maximum atomic E-state index is 14.2. The molecule has 1 aromatic carbocycles. The van der Waals surface area contributed by atoms with Crippen LogP contribution in [0.2, 0.25) is 0 Å². The third kappa shape index (κ3) is 7.22. The van der Waals surface area contributed by atoms with Crippen LogP contribution in [-0.2, 0) is 20.7 Å². The Labute approximate surface area is 182 Å². The number of nitrogens with zero attached hydrogens (tertiary/aromatic N) is 1. The summed E-state index contributed by atoms with van der Waals surface area (Å²) in [6, 6.07) is 5.66. The molecule has 2 fully saturated rings. The number of halogens is 1. The lowest BCUT2D eigenvalue weighted by molar-refractivity contribution is -0.131. The smallest absolute Gasteiger partial charge is 0.407 e. The zero-order valence-corrected chi connectivity index (χ0v) is 18.4. The van der Waals surface area contributed by atoms with Gasteiger partial charge in [-0.2, -0.15) is 0 Å². The first kappa shape index (κ1) is 23.0. The monoisotopic (exact) mass is 433 g/mol. The average Bonchev–Trinajstić information content (AvgIpc) is 3.41. The highest BCUT2D eigenvalue weighted by Gasteiger charge is 2.34. The molecule has 1 saturated heterocycles. The summed E-state index contributed by atoms with van der Waals surface area (Å²) < 4.78 is 19.5. The van der Waals surface area contributed by atoms with Crippen molar-refractivity contribution >= 4 is 17.9 Å². The predicted octanol–water partition coefficient (Wildman–Crippen LogP) is 2.78. The fourth-order valence-corrected chi connectivity index (χ4v) is 3.69. The maximum absolute atomic E-state index is 14.2. The lowest BCUT2D eigenvalue weighted by Gasteiger charge is -2.25. The van der Waals surface area contributed by atoms with Gasteiger partial charge in [0.25, 0.3) is 0 Å². The highest BCUT2D eigenvalue weighted by Crippen LogP contribution is 2.29. The topological polar surface area (TPSA) is 87.7 Å². The van der Waals surface area contributed by atoms with Gasteiger partial charge in [0, 0.05) is 37.5 Å². The summed E-state index contributed by atoms with van der Waals surface area (Å²) in [6.07, 6.45) is 2.15. The second-order valence-corrected chi connectivity index (χ2v) is 9.45. The van der Waals surface area contributed by atoms with Gasteiger partial charge in [0.15, 0.2) is 0 Å². The number of amides is 3. The summed E-state index contributed by atoms with van der Waals surface area (Å²) in [7, 11) is 0. The van der Waals surface area contributed by atoms with Gasteiger partial charge in [-0.1, -0.05) is 18.2 Å². The highest BCUT2D eigenvalue weighted by atomic mass is 19.1. The van der Waals surface area contributed by atoms with Crippen LogP contribution in [0.15, 0.2) is 24.3 Å². The summed E-state index contributed by atoms with van der Waals surface area (Å²) in [5, 5.41) is 5.74. The molecule has 2 N–H and O–H groups in total. The molecular formula is C23H32FN3O4. The maximum Gasteiger partial charge on any atom is 0.407 e. The number of hydrogen-bond acceptors (Lipinski definition) is 4. The van der Waals surface area contributed by atoms with Gasteiger partial charge in [-0.05, 0) is 58.1 Å². The first-order valence-corrected chi connectivity index (χ1v) is 10.9. The van der Waals surface area contributed by atoms with E-state index in [1.54, 1.807) is 43.9 Å². The quantitative estimate of drug-likeness (QED) is 0.692. The molecule has 1 saturated carbocycles. The Balaban J connectivity index is 1.60. The number of benzene rings is 1. The van der Waals surface area contributed by atoms with Gasteiger partial charge in [0.2, 0.25) is 11.8 Å². The minimum atomic E-state index is -0.682. The molecule has 1 heterocycles. The van der Waals surface area contributed by atoms with E-state index >= 15 is 0 Å². The lowest BCUT2D eigenvalue weighted by atomic mass is 10.0. The molecule has 3 rings (SSSR count). The molecule has 0 radical (unpaired) electrons. The van der Waals surface area contributed by atoms with Crippen molar-refractivity contribution in [1.82, 2.24) is 15.5 Å². The molecule has 8 heteroatoms. The molecule has 0 aromatic heterocycles. The van der Waals surface area contributed by atoms with Crippen LogP contribution < -0.4 is 10.6 Å². The molecule has 1 aromatic rings. The Morgan fingerprint density at radius 1 is 1.19 bits per heavy atom. The van der Waals surface area contributed by atoms with Gasteiger partial charge in [-0.15, -0.1) is 0 Å². The molecule has 7 nitrogen and oxygen atoms in total. The first-order valence-electron chi connectivity index (χ1n) is 10.9. The number of nitrogens with one attached hydrogen (secondary N) is 2. The highest BCUT2D eigenvalue weighted by molar-refractivity contribution is 5.82. The largest absolute Gasteiger partial charge is 0.444 e. The molecule has 3 amide bonds. The van der Waals surface area contributed by atoms with Crippen molar-refractivity contribution in [2.24, 2.45) is 5.92 Å². The van der Waals surface area contributed by atoms with Gasteiger partial charge < -0.3 is 20.3 Å². The fourth-order valence-electron chi connectivity index (χ4n) is 3.69. The minimum Gasteiger partial charge on any atom is -0.444 e. The molecule has 0 spiro atoms.